The predicted octanol–water partition coefficient (Wildman–Crippen LogP) is 3.36. The number of carbonyl (C=O) groups is 1. The third-order valence-corrected chi connectivity index (χ3v) is 2.71. The first-order valence-corrected chi connectivity index (χ1v) is 5.44. The monoisotopic (exact) mass is 234 g/mol. The standard InChI is InChI=1S/C13H11ClO2/c1-8(14)13(16)12-10-5-3-2-4-9(10)6-7-11(12)15/h2-8,15H,1H3. The van der Waals surface area contributed by atoms with Gasteiger partial charge in [-0.25, -0.2) is 0 Å². The highest BCUT2D eigenvalue weighted by atomic mass is 35.5. The van der Waals surface area contributed by atoms with Crippen LogP contribution in [0.4, 0.5) is 0 Å². The summed E-state index contributed by atoms with van der Waals surface area (Å²) in [5.41, 5.74) is 0.306. The van der Waals surface area contributed by atoms with E-state index >= 15 is 0 Å². The number of phenolic OH excluding ortho intramolecular Hbond substituents is 1. The van der Waals surface area contributed by atoms with Crippen LogP contribution in [0.3, 0.4) is 0 Å². The average Bonchev–Trinajstić information content (AvgIpc) is 2.28. The average molecular weight is 235 g/mol. The summed E-state index contributed by atoms with van der Waals surface area (Å²) in [6.45, 7) is 1.60. The largest absolute Gasteiger partial charge is 0.507 e. The molecule has 0 aliphatic carbocycles. The van der Waals surface area contributed by atoms with Crippen molar-refractivity contribution in [2.24, 2.45) is 0 Å². The number of alkyl halides is 1. The molecule has 0 radical (unpaired) electrons. The Bertz CT molecular complexity index is 547. The van der Waals surface area contributed by atoms with Crippen LogP contribution in [0.5, 0.6) is 5.75 Å². The van der Waals surface area contributed by atoms with E-state index in [1.165, 1.54) is 6.07 Å². The molecule has 3 heteroatoms. The number of halogens is 1. The third kappa shape index (κ3) is 1.76. The van der Waals surface area contributed by atoms with Crippen molar-refractivity contribution in [2.45, 2.75) is 12.3 Å². The fourth-order valence-corrected chi connectivity index (χ4v) is 1.83. The molecular weight excluding hydrogens is 224 g/mol. The maximum Gasteiger partial charge on any atom is 0.184 e. The highest BCUT2D eigenvalue weighted by Crippen LogP contribution is 2.28. The Morgan fingerprint density at radius 1 is 1.25 bits per heavy atom. The van der Waals surface area contributed by atoms with Gasteiger partial charge in [-0.1, -0.05) is 30.3 Å². The number of benzene rings is 2. The molecule has 0 amide bonds. The first-order chi connectivity index (χ1) is 7.61. The van der Waals surface area contributed by atoms with E-state index in [4.69, 9.17) is 11.6 Å². The molecular formula is C13H11ClO2. The van der Waals surface area contributed by atoms with Gasteiger partial charge >= 0.3 is 0 Å². The van der Waals surface area contributed by atoms with E-state index in [0.717, 1.165) is 10.8 Å². The summed E-state index contributed by atoms with van der Waals surface area (Å²) in [6.07, 6.45) is 0. The van der Waals surface area contributed by atoms with Crippen LogP contribution in [-0.4, -0.2) is 16.3 Å². The van der Waals surface area contributed by atoms with Gasteiger partial charge in [-0.15, -0.1) is 11.6 Å². The number of phenols is 1. The Balaban J connectivity index is 2.75. The Labute approximate surface area is 98.5 Å². The number of Topliss-reactive ketones (excluding diaryl/α,β-unsaturated/α-hetero) is 1. The Kier molecular flexibility index (Phi) is 2.84. The third-order valence-electron chi connectivity index (χ3n) is 2.51. The normalized spacial score (nSPS) is 12.6. The lowest BCUT2D eigenvalue weighted by atomic mass is 9.99. The Morgan fingerprint density at radius 3 is 2.62 bits per heavy atom. The van der Waals surface area contributed by atoms with Crippen molar-refractivity contribution in [1.29, 1.82) is 0 Å². The highest BCUT2D eigenvalue weighted by Gasteiger charge is 2.18. The molecule has 0 saturated carbocycles. The lowest BCUT2D eigenvalue weighted by molar-refractivity contribution is 0.0991. The van der Waals surface area contributed by atoms with Gasteiger partial charge in [0, 0.05) is 0 Å². The zero-order valence-electron chi connectivity index (χ0n) is 8.77. The van der Waals surface area contributed by atoms with E-state index in [1.807, 2.05) is 24.3 Å². The van der Waals surface area contributed by atoms with Gasteiger partial charge in [-0.3, -0.25) is 4.79 Å². The number of carbonyl (C=O) groups excluding carboxylic acids is 1. The summed E-state index contributed by atoms with van der Waals surface area (Å²) in [7, 11) is 0. The highest BCUT2D eigenvalue weighted by molar-refractivity contribution is 6.35. The first kappa shape index (κ1) is 11.0. The van der Waals surface area contributed by atoms with Crippen molar-refractivity contribution >= 4 is 28.2 Å². The van der Waals surface area contributed by atoms with Crippen LogP contribution in [-0.2, 0) is 0 Å². The summed E-state index contributed by atoms with van der Waals surface area (Å²) >= 11 is 5.77. The molecule has 1 unspecified atom stereocenters. The molecule has 1 N–H and O–H groups in total. The fraction of sp³-hybridized carbons (Fsp3) is 0.154. The number of rotatable bonds is 2. The van der Waals surface area contributed by atoms with Crippen molar-refractivity contribution in [2.75, 3.05) is 0 Å². The number of ketones is 1. The van der Waals surface area contributed by atoms with E-state index in [9.17, 15) is 9.90 Å². The second-order valence-corrected chi connectivity index (χ2v) is 4.32. The molecule has 0 heterocycles. The smallest absolute Gasteiger partial charge is 0.184 e. The molecule has 0 spiro atoms. The molecule has 0 fully saturated rings. The van der Waals surface area contributed by atoms with Gasteiger partial charge < -0.3 is 5.11 Å². The predicted molar refractivity (Wildman–Crippen MR) is 65.3 cm³/mol. The summed E-state index contributed by atoms with van der Waals surface area (Å²) in [5, 5.41) is 10.8. The number of aromatic hydroxyl groups is 1. The van der Waals surface area contributed by atoms with Crippen molar-refractivity contribution in [1.82, 2.24) is 0 Å². The fourth-order valence-electron chi connectivity index (χ4n) is 1.72. The maximum atomic E-state index is 11.9. The van der Waals surface area contributed by atoms with Gasteiger partial charge in [0.05, 0.1) is 10.9 Å². The van der Waals surface area contributed by atoms with Crippen molar-refractivity contribution in [3.05, 3.63) is 42.0 Å². The van der Waals surface area contributed by atoms with E-state index in [0.29, 0.717) is 5.56 Å². The Morgan fingerprint density at radius 2 is 1.94 bits per heavy atom. The topological polar surface area (TPSA) is 37.3 Å². The zero-order chi connectivity index (χ0) is 11.7. The molecule has 16 heavy (non-hydrogen) atoms. The second kappa shape index (κ2) is 4.14. The molecule has 1 atom stereocenters. The van der Waals surface area contributed by atoms with Crippen molar-refractivity contribution in [3.63, 3.8) is 0 Å². The van der Waals surface area contributed by atoms with Crippen molar-refractivity contribution < 1.29 is 9.90 Å². The van der Waals surface area contributed by atoms with Crippen LogP contribution in [0.15, 0.2) is 36.4 Å². The van der Waals surface area contributed by atoms with E-state index in [1.54, 1.807) is 13.0 Å². The molecule has 2 nitrogen and oxygen atoms in total. The summed E-state index contributed by atoms with van der Waals surface area (Å²) < 4.78 is 0. The van der Waals surface area contributed by atoms with Crippen molar-refractivity contribution in [3.8, 4) is 5.75 Å². The second-order valence-electron chi connectivity index (χ2n) is 3.66. The van der Waals surface area contributed by atoms with Gasteiger partial charge in [-0.05, 0) is 23.8 Å². The molecule has 0 saturated heterocycles. The quantitative estimate of drug-likeness (QED) is 0.639. The maximum absolute atomic E-state index is 11.9. The van der Waals surface area contributed by atoms with Crippen LogP contribution in [0.2, 0.25) is 0 Å². The van der Waals surface area contributed by atoms with Gasteiger partial charge in [-0.2, -0.15) is 0 Å². The molecule has 82 valence electrons. The van der Waals surface area contributed by atoms with E-state index < -0.39 is 5.38 Å². The lowest BCUT2D eigenvalue weighted by Crippen LogP contribution is -2.11. The number of fused-ring (bicyclic) bond motifs is 1. The Hall–Kier alpha value is -1.54. The summed E-state index contributed by atoms with van der Waals surface area (Å²) in [5.74, 6) is -0.271. The number of hydrogen-bond acceptors (Lipinski definition) is 2. The van der Waals surface area contributed by atoms with Gasteiger partial charge in [0.2, 0.25) is 0 Å². The molecule has 2 aromatic rings. The minimum Gasteiger partial charge on any atom is -0.507 e. The SMILES string of the molecule is CC(Cl)C(=O)c1c(O)ccc2ccccc12. The molecule has 2 rings (SSSR count). The minimum atomic E-state index is -0.642. The molecule has 0 bridgehead atoms. The summed E-state index contributed by atoms with van der Waals surface area (Å²) in [6, 6.07) is 10.7. The molecule has 0 aliphatic heterocycles. The minimum absolute atomic E-state index is 0.0174. The molecule has 0 aromatic heterocycles. The van der Waals surface area contributed by atoms with Gasteiger partial charge in [0.1, 0.15) is 5.75 Å². The van der Waals surface area contributed by atoms with Crippen LogP contribution >= 0.6 is 11.6 Å². The first-order valence-electron chi connectivity index (χ1n) is 5.00. The number of hydrogen-bond donors (Lipinski definition) is 1. The van der Waals surface area contributed by atoms with E-state index in [2.05, 4.69) is 0 Å². The molecule has 0 aliphatic rings. The van der Waals surface area contributed by atoms with Gasteiger partial charge in [0.15, 0.2) is 5.78 Å². The lowest BCUT2D eigenvalue weighted by Gasteiger charge is -2.09. The molecule has 2 aromatic carbocycles. The van der Waals surface area contributed by atoms with Crippen LogP contribution in [0.1, 0.15) is 17.3 Å². The summed E-state index contributed by atoms with van der Waals surface area (Å²) in [4.78, 5) is 11.9. The van der Waals surface area contributed by atoms with Crippen LogP contribution in [0, 0.1) is 0 Å². The van der Waals surface area contributed by atoms with Crippen LogP contribution < -0.4 is 0 Å². The zero-order valence-corrected chi connectivity index (χ0v) is 9.53. The van der Waals surface area contributed by atoms with Gasteiger partial charge in [0.25, 0.3) is 0 Å². The van der Waals surface area contributed by atoms with Crippen LogP contribution in [0.25, 0.3) is 10.8 Å². The van der Waals surface area contributed by atoms with E-state index in [-0.39, 0.29) is 11.5 Å².